The first-order chi connectivity index (χ1) is 8.74. The van der Waals surface area contributed by atoms with Crippen LogP contribution in [0.4, 0.5) is 0 Å². The standard InChI is InChI=1S/C14H25N3O/c1-11(8-13-6-4-3-5-7-15-13)16-10-14-9-12(2)17-18-14/h9,11,13,15-16H,3-8,10H2,1-2H3. The Bertz CT molecular complexity index is 343. The third-order valence-corrected chi connectivity index (χ3v) is 3.60. The lowest BCUT2D eigenvalue weighted by Crippen LogP contribution is -2.36. The summed E-state index contributed by atoms with van der Waals surface area (Å²) in [5.41, 5.74) is 0.949. The van der Waals surface area contributed by atoms with Crippen LogP contribution in [0.1, 0.15) is 50.5 Å². The van der Waals surface area contributed by atoms with Gasteiger partial charge in [-0.3, -0.25) is 0 Å². The summed E-state index contributed by atoms with van der Waals surface area (Å²) in [5.74, 6) is 0.924. The number of nitrogens with one attached hydrogen (secondary N) is 2. The fourth-order valence-corrected chi connectivity index (χ4v) is 2.59. The predicted molar refractivity (Wildman–Crippen MR) is 72.4 cm³/mol. The molecule has 2 atom stereocenters. The second-order valence-electron chi connectivity index (χ2n) is 5.45. The van der Waals surface area contributed by atoms with Crippen molar-refractivity contribution >= 4 is 0 Å². The molecule has 1 aliphatic heterocycles. The molecule has 2 unspecified atom stereocenters. The van der Waals surface area contributed by atoms with Crippen LogP contribution in [0.25, 0.3) is 0 Å². The first-order valence-electron chi connectivity index (χ1n) is 7.13. The molecule has 2 heterocycles. The SMILES string of the molecule is Cc1cc(CNC(C)CC2CCCCCN2)on1. The van der Waals surface area contributed by atoms with Crippen molar-refractivity contribution in [3.05, 3.63) is 17.5 Å². The quantitative estimate of drug-likeness (QED) is 0.843. The largest absolute Gasteiger partial charge is 0.360 e. The van der Waals surface area contributed by atoms with Gasteiger partial charge in [-0.1, -0.05) is 18.0 Å². The molecule has 0 saturated carbocycles. The first-order valence-corrected chi connectivity index (χ1v) is 7.13. The molecule has 1 saturated heterocycles. The Kier molecular flexibility index (Phi) is 5.20. The summed E-state index contributed by atoms with van der Waals surface area (Å²) >= 11 is 0. The molecule has 1 aromatic rings. The highest BCUT2D eigenvalue weighted by atomic mass is 16.5. The first kappa shape index (κ1) is 13.6. The molecule has 1 aliphatic rings. The van der Waals surface area contributed by atoms with E-state index in [1.54, 1.807) is 0 Å². The van der Waals surface area contributed by atoms with Crippen LogP contribution in [0.5, 0.6) is 0 Å². The van der Waals surface area contributed by atoms with Gasteiger partial charge in [0.2, 0.25) is 0 Å². The van der Waals surface area contributed by atoms with Crippen LogP contribution in [-0.4, -0.2) is 23.8 Å². The summed E-state index contributed by atoms with van der Waals surface area (Å²) < 4.78 is 5.20. The van der Waals surface area contributed by atoms with Crippen molar-refractivity contribution < 1.29 is 4.52 Å². The maximum Gasteiger partial charge on any atom is 0.150 e. The lowest BCUT2D eigenvalue weighted by atomic mass is 10.0. The summed E-state index contributed by atoms with van der Waals surface area (Å²) in [6.45, 7) is 6.15. The topological polar surface area (TPSA) is 50.1 Å². The molecule has 1 aromatic heterocycles. The molecule has 4 heteroatoms. The van der Waals surface area contributed by atoms with E-state index in [9.17, 15) is 0 Å². The van der Waals surface area contributed by atoms with E-state index in [1.165, 1.54) is 38.6 Å². The summed E-state index contributed by atoms with van der Waals surface area (Å²) in [6, 6.07) is 3.17. The lowest BCUT2D eigenvalue weighted by molar-refractivity contribution is 0.347. The molecule has 0 radical (unpaired) electrons. The Hall–Kier alpha value is -0.870. The molecule has 0 bridgehead atoms. The fourth-order valence-electron chi connectivity index (χ4n) is 2.59. The van der Waals surface area contributed by atoms with Gasteiger partial charge in [-0.25, -0.2) is 0 Å². The van der Waals surface area contributed by atoms with Crippen LogP contribution in [0.2, 0.25) is 0 Å². The van der Waals surface area contributed by atoms with Crippen molar-refractivity contribution in [1.29, 1.82) is 0 Å². The Labute approximate surface area is 110 Å². The highest BCUT2D eigenvalue weighted by molar-refractivity contribution is 5.02. The van der Waals surface area contributed by atoms with Crippen molar-refractivity contribution in [2.75, 3.05) is 6.54 Å². The fraction of sp³-hybridized carbons (Fsp3) is 0.786. The third-order valence-electron chi connectivity index (χ3n) is 3.60. The van der Waals surface area contributed by atoms with Crippen molar-refractivity contribution in [2.45, 2.75) is 64.6 Å². The van der Waals surface area contributed by atoms with Crippen molar-refractivity contribution in [3.8, 4) is 0 Å². The number of nitrogens with zero attached hydrogens (tertiary/aromatic N) is 1. The van der Waals surface area contributed by atoms with E-state index in [0.29, 0.717) is 12.1 Å². The van der Waals surface area contributed by atoms with Gasteiger partial charge in [0.15, 0.2) is 5.76 Å². The monoisotopic (exact) mass is 251 g/mol. The molecule has 4 nitrogen and oxygen atoms in total. The number of rotatable bonds is 5. The molecular weight excluding hydrogens is 226 g/mol. The average molecular weight is 251 g/mol. The summed E-state index contributed by atoms with van der Waals surface area (Å²) in [5, 5.41) is 11.0. The van der Waals surface area contributed by atoms with Crippen LogP contribution in [0, 0.1) is 6.92 Å². The number of aryl methyl sites for hydroxylation is 1. The highest BCUT2D eigenvalue weighted by Crippen LogP contribution is 2.13. The van der Waals surface area contributed by atoms with Gasteiger partial charge >= 0.3 is 0 Å². The van der Waals surface area contributed by atoms with Gasteiger partial charge in [-0.15, -0.1) is 0 Å². The number of aromatic nitrogens is 1. The van der Waals surface area contributed by atoms with Gasteiger partial charge in [0, 0.05) is 18.2 Å². The van der Waals surface area contributed by atoms with E-state index >= 15 is 0 Å². The zero-order chi connectivity index (χ0) is 12.8. The molecule has 0 spiro atoms. The van der Waals surface area contributed by atoms with Gasteiger partial charge in [0.25, 0.3) is 0 Å². The van der Waals surface area contributed by atoms with Gasteiger partial charge in [-0.2, -0.15) is 0 Å². The zero-order valence-corrected chi connectivity index (χ0v) is 11.5. The van der Waals surface area contributed by atoms with Crippen molar-refractivity contribution in [2.24, 2.45) is 0 Å². The van der Waals surface area contributed by atoms with Crippen molar-refractivity contribution in [3.63, 3.8) is 0 Å². The number of hydrogen-bond acceptors (Lipinski definition) is 4. The Morgan fingerprint density at radius 2 is 2.39 bits per heavy atom. The Balaban J connectivity index is 1.69. The molecule has 0 aromatic carbocycles. The average Bonchev–Trinajstić information content (AvgIpc) is 2.60. The molecule has 102 valence electrons. The van der Waals surface area contributed by atoms with Crippen LogP contribution in [-0.2, 0) is 6.54 Å². The van der Waals surface area contributed by atoms with E-state index in [-0.39, 0.29) is 0 Å². The second kappa shape index (κ2) is 6.90. The summed E-state index contributed by atoms with van der Waals surface area (Å²) in [4.78, 5) is 0. The van der Waals surface area contributed by atoms with Crippen LogP contribution < -0.4 is 10.6 Å². The molecule has 2 N–H and O–H groups in total. The zero-order valence-electron chi connectivity index (χ0n) is 11.5. The highest BCUT2D eigenvalue weighted by Gasteiger charge is 2.14. The Morgan fingerprint density at radius 3 is 3.17 bits per heavy atom. The smallest absolute Gasteiger partial charge is 0.150 e. The number of hydrogen-bond donors (Lipinski definition) is 2. The lowest BCUT2D eigenvalue weighted by Gasteiger charge is -2.21. The molecule has 1 fully saturated rings. The van der Waals surface area contributed by atoms with Gasteiger partial charge in [0.05, 0.1) is 12.2 Å². The molecular formula is C14H25N3O. The second-order valence-corrected chi connectivity index (χ2v) is 5.45. The van der Waals surface area contributed by atoms with Crippen LogP contribution in [0.3, 0.4) is 0 Å². The van der Waals surface area contributed by atoms with E-state index in [1.807, 2.05) is 13.0 Å². The van der Waals surface area contributed by atoms with E-state index < -0.39 is 0 Å². The molecule has 18 heavy (non-hydrogen) atoms. The van der Waals surface area contributed by atoms with Gasteiger partial charge in [0.1, 0.15) is 0 Å². The maximum absolute atomic E-state index is 5.20. The molecule has 0 aliphatic carbocycles. The van der Waals surface area contributed by atoms with Crippen LogP contribution in [0.15, 0.2) is 10.6 Å². The minimum Gasteiger partial charge on any atom is -0.360 e. The maximum atomic E-state index is 5.20. The minimum absolute atomic E-state index is 0.506. The minimum atomic E-state index is 0.506. The molecule has 0 amide bonds. The normalized spacial score (nSPS) is 22.7. The van der Waals surface area contributed by atoms with E-state index in [0.717, 1.165) is 18.0 Å². The van der Waals surface area contributed by atoms with E-state index in [4.69, 9.17) is 4.52 Å². The van der Waals surface area contributed by atoms with E-state index in [2.05, 4.69) is 22.7 Å². The predicted octanol–water partition coefficient (Wildman–Crippen LogP) is 2.38. The van der Waals surface area contributed by atoms with Gasteiger partial charge in [-0.05, 0) is 39.7 Å². The van der Waals surface area contributed by atoms with Crippen molar-refractivity contribution in [1.82, 2.24) is 15.8 Å². The summed E-state index contributed by atoms with van der Waals surface area (Å²) in [7, 11) is 0. The Morgan fingerprint density at radius 1 is 1.50 bits per heavy atom. The molecule has 2 rings (SSSR count). The third kappa shape index (κ3) is 4.42. The summed E-state index contributed by atoms with van der Waals surface area (Å²) in [6.07, 6.45) is 6.57. The van der Waals surface area contributed by atoms with Crippen LogP contribution >= 0.6 is 0 Å². The van der Waals surface area contributed by atoms with Gasteiger partial charge < -0.3 is 15.2 Å².